The van der Waals surface area contributed by atoms with Gasteiger partial charge in [-0.25, -0.2) is 4.79 Å². The lowest BCUT2D eigenvalue weighted by Crippen LogP contribution is -2.43. The number of hydrogen-bond acceptors (Lipinski definition) is 5. The molecule has 27 heavy (non-hydrogen) atoms. The molecular weight excluding hydrogens is 348 g/mol. The summed E-state index contributed by atoms with van der Waals surface area (Å²) in [5.41, 5.74) is 2.35. The number of amides is 1. The summed E-state index contributed by atoms with van der Waals surface area (Å²) in [5.74, 6) is -1.10. The van der Waals surface area contributed by atoms with Gasteiger partial charge in [0.15, 0.2) is 0 Å². The molecule has 0 aliphatic carbocycles. The number of carbonyl (C=O) groups is 3. The highest BCUT2D eigenvalue weighted by Gasteiger charge is 2.33. The van der Waals surface area contributed by atoms with Crippen LogP contribution in [-0.4, -0.2) is 53.6 Å². The van der Waals surface area contributed by atoms with Crippen LogP contribution in [0.1, 0.15) is 65.7 Å². The number of rotatable bonds is 6. The van der Waals surface area contributed by atoms with Crippen LogP contribution in [0.25, 0.3) is 0 Å². The Kier molecular flexibility index (Phi) is 7.05. The molecule has 1 amide bonds. The lowest BCUT2D eigenvalue weighted by molar-refractivity contribution is -0.149. The molecule has 0 bridgehead atoms. The van der Waals surface area contributed by atoms with E-state index in [1.54, 1.807) is 25.7 Å². The zero-order valence-electron chi connectivity index (χ0n) is 17.0. The Morgan fingerprint density at radius 1 is 1.07 bits per heavy atom. The zero-order chi connectivity index (χ0) is 20.1. The van der Waals surface area contributed by atoms with Gasteiger partial charge in [-0.1, -0.05) is 0 Å². The fourth-order valence-electron chi connectivity index (χ4n) is 3.84. The first-order valence-corrected chi connectivity index (χ1v) is 9.69. The second-order valence-electron chi connectivity index (χ2n) is 6.74. The highest BCUT2D eigenvalue weighted by atomic mass is 16.5. The number of carbonyl (C=O) groups excluding carboxylic acids is 3. The summed E-state index contributed by atoms with van der Waals surface area (Å²) < 4.78 is 12.1. The van der Waals surface area contributed by atoms with E-state index in [0.29, 0.717) is 43.1 Å². The summed E-state index contributed by atoms with van der Waals surface area (Å²) >= 11 is 0. The van der Waals surface area contributed by atoms with Gasteiger partial charge in [-0.15, -0.1) is 0 Å². The van der Waals surface area contributed by atoms with E-state index < -0.39 is 5.97 Å². The van der Waals surface area contributed by atoms with Crippen molar-refractivity contribution in [2.24, 2.45) is 5.92 Å². The van der Waals surface area contributed by atoms with Crippen LogP contribution in [0.15, 0.2) is 0 Å². The average molecular weight is 378 g/mol. The number of nitrogens with zero attached hydrogens (tertiary/aromatic N) is 2. The van der Waals surface area contributed by atoms with Crippen LogP contribution in [0.4, 0.5) is 0 Å². The van der Waals surface area contributed by atoms with Crippen LogP contribution in [-0.2, 0) is 20.8 Å². The average Bonchev–Trinajstić information content (AvgIpc) is 2.91. The molecule has 1 aliphatic rings. The predicted octanol–water partition coefficient (Wildman–Crippen LogP) is 2.72. The van der Waals surface area contributed by atoms with E-state index in [9.17, 15) is 14.4 Å². The van der Waals surface area contributed by atoms with Crippen molar-refractivity contribution in [1.29, 1.82) is 0 Å². The van der Waals surface area contributed by atoms with Gasteiger partial charge in [-0.05, 0) is 53.0 Å². The van der Waals surface area contributed by atoms with Crippen molar-refractivity contribution in [3.8, 4) is 0 Å². The van der Waals surface area contributed by atoms with Gasteiger partial charge >= 0.3 is 11.9 Å². The number of aromatic nitrogens is 1. The highest BCUT2D eigenvalue weighted by molar-refractivity contribution is 6.01. The molecule has 7 nitrogen and oxygen atoms in total. The number of piperidine rings is 1. The van der Waals surface area contributed by atoms with Crippen molar-refractivity contribution >= 4 is 17.8 Å². The monoisotopic (exact) mass is 378 g/mol. The minimum Gasteiger partial charge on any atom is -0.466 e. The summed E-state index contributed by atoms with van der Waals surface area (Å²) in [4.78, 5) is 39.4. The minimum absolute atomic E-state index is 0.142. The summed E-state index contributed by atoms with van der Waals surface area (Å²) in [6.45, 7) is 11.2. The zero-order valence-corrected chi connectivity index (χ0v) is 17.0. The molecule has 1 saturated heterocycles. The SMILES string of the molecule is CCOC(=O)c1c(C)c(C(=O)N2CCCC(C(=O)OCC)C2)c(C)n1CC. The minimum atomic E-state index is -0.415. The quantitative estimate of drug-likeness (QED) is 0.711. The van der Waals surface area contributed by atoms with Crippen molar-refractivity contribution in [3.63, 3.8) is 0 Å². The molecule has 1 aromatic rings. The van der Waals surface area contributed by atoms with Crippen molar-refractivity contribution in [2.75, 3.05) is 26.3 Å². The van der Waals surface area contributed by atoms with Gasteiger partial charge in [0.2, 0.25) is 0 Å². The molecule has 1 aliphatic heterocycles. The molecule has 0 radical (unpaired) electrons. The summed E-state index contributed by atoms with van der Waals surface area (Å²) in [5, 5.41) is 0. The molecular formula is C20H30N2O5. The van der Waals surface area contributed by atoms with Crippen LogP contribution >= 0.6 is 0 Å². The topological polar surface area (TPSA) is 77.8 Å². The van der Waals surface area contributed by atoms with Gasteiger partial charge in [-0.3, -0.25) is 9.59 Å². The lowest BCUT2D eigenvalue weighted by atomic mass is 9.97. The Labute approximate surface area is 160 Å². The van der Waals surface area contributed by atoms with Crippen molar-refractivity contribution in [1.82, 2.24) is 9.47 Å². The van der Waals surface area contributed by atoms with Crippen molar-refractivity contribution in [2.45, 2.75) is 54.0 Å². The smallest absolute Gasteiger partial charge is 0.355 e. The van der Waals surface area contributed by atoms with E-state index >= 15 is 0 Å². The maximum absolute atomic E-state index is 13.2. The van der Waals surface area contributed by atoms with Crippen molar-refractivity contribution < 1.29 is 23.9 Å². The largest absolute Gasteiger partial charge is 0.466 e. The summed E-state index contributed by atoms with van der Waals surface area (Å²) in [6, 6.07) is 0. The van der Waals surface area contributed by atoms with Gasteiger partial charge in [0.1, 0.15) is 5.69 Å². The third kappa shape index (κ3) is 4.17. The molecule has 150 valence electrons. The molecule has 1 unspecified atom stereocenters. The fourth-order valence-corrected chi connectivity index (χ4v) is 3.84. The number of likely N-dealkylation sites (tertiary alicyclic amines) is 1. The number of hydrogen-bond donors (Lipinski definition) is 0. The van der Waals surface area contributed by atoms with Crippen LogP contribution in [0, 0.1) is 19.8 Å². The van der Waals surface area contributed by atoms with E-state index in [0.717, 1.165) is 18.5 Å². The molecule has 1 fully saturated rings. The Balaban J connectivity index is 2.33. The highest BCUT2D eigenvalue weighted by Crippen LogP contribution is 2.27. The normalized spacial score (nSPS) is 16.9. The Morgan fingerprint density at radius 3 is 2.33 bits per heavy atom. The first-order valence-electron chi connectivity index (χ1n) is 9.69. The maximum atomic E-state index is 13.2. The Hall–Kier alpha value is -2.31. The molecule has 1 atom stereocenters. The second-order valence-corrected chi connectivity index (χ2v) is 6.74. The van der Waals surface area contributed by atoms with Crippen molar-refractivity contribution in [3.05, 3.63) is 22.5 Å². The van der Waals surface area contributed by atoms with Crippen LogP contribution in [0.5, 0.6) is 0 Å². The van der Waals surface area contributed by atoms with Gasteiger partial charge in [0, 0.05) is 25.3 Å². The molecule has 0 aromatic carbocycles. The van der Waals surface area contributed by atoms with E-state index in [-0.39, 0.29) is 24.4 Å². The van der Waals surface area contributed by atoms with Gasteiger partial charge < -0.3 is 18.9 Å². The van der Waals surface area contributed by atoms with Gasteiger partial charge in [0.05, 0.1) is 24.7 Å². The number of ether oxygens (including phenoxy) is 2. The Bertz CT molecular complexity index is 722. The molecule has 2 rings (SSSR count). The first kappa shape index (κ1) is 21.0. The lowest BCUT2D eigenvalue weighted by Gasteiger charge is -2.31. The molecule has 0 N–H and O–H groups in total. The molecule has 0 saturated carbocycles. The standard InChI is InChI=1S/C20H30N2O5/c1-6-22-14(5)16(13(4)17(22)20(25)27-8-3)18(23)21-11-9-10-15(12-21)19(24)26-7-2/h15H,6-12H2,1-5H3. The first-order chi connectivity index (χ1) is 12.9. The van der Waals surface area contributed by atoms with E-state index in [2.05, 4.69) is 0 Å². The summed E-state index contributed by atoms with van der Waals surface area (Å²) in [6.07, 6.45) is 1.48. The predicted molar refractivity (Wildman–Crippen MR) is 101 cm³/mol. The number of esters is 2. The van der Waals surface area contributed by atoms with Crippen LogP contribution in [0.2, 0.25) is 0 Å². The van der Waals surface area contributed by atoms with Gasteiger partial charge in [-0.2, -0.15) is 0 Å². The Morgan fingerprint density at radius 2 is 1.74 bits per heavy atom. The fraction of sp³-hybridized carbons (Fsp3) is 0.650. The van der Waals surface area contributed by atoms with E-state index in [1.807, 2.05) is 18.4 Å². The van der Waals surface area contributed by atoms with Crippen LogP contribution < -0.4 is 0 Å². The summed E-state index contributed by atoms with van der Waals surface area (Å²) in [7, 11) is 0. The van der Waals surface area contributed by atoms with Crippen LogP contribution in [0.3, 0.4) is 0 Å². The molecule has 2 heterocycles. The van der Waals surface area contributed by atoms with E-state index in [4.69, 9.17) is 9.47 Å². The molecule has 1 aromatic heterocycles. The molecule has 0 spiro atoms. The van der Waals surface area contributed by atoms with Gasteiger partial charge in [0.25, 0.3) is 5.91 Å². The second kappa shape index (κ2) is 9.06. The third-order valence-corrected chi connectivity index (χ3v) is 5.09. The molecule has 7 heteroatoms. The maximum Gasteiger partial charge on any atom is 0.355 e. The van der Waals surface area contributed by atoms with E-state index in [1.165, 1.54) is 0 Å². The third-order valence-electron chi connectivity index (χ3n) is 5.09.